The van der Waals surface area contributed by atoms with Crippen LogP contribution in [0.3, 0.4) is 0 Å². The molecule has 0 atom stereocenters. The van der Waals surface area contributed by atoms with E-state index in [1.807, 2.05) is 42.5 Å². The number of carbonyl (C=O) groups excluding carboxylic acids is 1. The summed E-state index contributed by atoms with van der Waals surface area (Å²) in [5.74, 6) is -0.807. The molecular weight excluding hydrogens is 408 g/mol. The van der Waals surface area contributed by atoms with Gasteiger partial charge >= 0.3 is 5.97 Å². The van der Waals surface area contributed by atoms with E-state index in [4.69, 9.17) is 5.11 Å². The normalized spacial score (nSPS) is 10.9. The number of benzene rings is 3. The first-order valence-corrected chi connectivity index (χ1v) is 9.67. The third-order valence-corrected chi connectivity index (χ3v) is 4.56. The van der Waals surface area contributed by atoms with Gasteiger partial charge in [0.25, 0.3) is 5.91 Å². The number of aromatic nitrogens is 4. The lowest BCUT2D eigenvalue weighted by atomic mass is 10.1. The standard InChI is InChI=1S/C23H18N6O3/c30-22(26-24-14-16-6-12-20(13-7-16)23(31)32)19-10-8-17(9-11-19)15-29-27-21(25-28-29)18-4-2-1-3-5-18/h1-14H,15H2,(H,26,30)(H,31,32). The fraction of sp³-hybridized carbons (Fsp3) is 0.0435. The van der Waals surface area contributed by atoms with Crippen LogP contribution in [-0.2, 0) is 6.54 Å². The van der Waals surface area contributed by atoms with Crippen LogP contribution in [0.1, 0.15) is 31.8 Å². The van der Waals surface area contributed by atoms with E-state index in [1.54, 1.807) is 24.3 Å². The molecule has 0 fully saturated rings. The van der Waals surface area contributed by atoms with Gasteiger partial charge in [0.2, 0.25) is 5.82 Å². The van der Waals surface area contributed by atoms with Gasteiger partial charge in [-0.1, -0.05) is 54.6 Å². The van der Waals surface area contributed by atoms with E-state index in [0.717, 1.165) is 11.1 Å². The second-order valence-electron chi connectivity index (χ2n) is 6.83. The average molecular weight is 426 g/mol. The van der Waals surface area contributed by atoms with Crippen molar-refractivity contribution in [3.8, 4) is 11.4 Å². The molecule has 0 spiro atoms. The summed E-state index contributed by atoms with van der Waals surface area (Å²) in [5, 5.41) is 25.3. The van der Waals surface area contributed by atoms with E-state index in [2.05, 4.69) is 25.9 Å². The molecule has 9 nitrogen and oxygen atoms in total. The Morgan fingerprint density at radius 2 is 1.62 bits per heavy atom. The predicted molar refractivity (Wildman–Crippen MR) is 117 cm³/mol. The molecule has 0 saturated heterocycles. The Bertz CT molecular complexity index is 1250. The van der Waals surface area contributed by atoms with Crippen molar-refractivity contribution in [3.63, 3.8) is 0 Å². The summed E-state index contributed by atoms with van der Waals surface area (Å²) in [6, 6.07) is 22.8. The molecule has 0 bridgehead atoms. The van der Waals surface area contributed by atoms with Gasteiger partial charge < -0.3 is 5.11 Å². The molecule has 0 unspecified atom stereocenters. The van der Waals surface area contributed by atoms with E-state index in [9.17, 15) is 9.59 Å². The number of carboxylic acids is 1. The van der Waals surface area contributed by atoms with Crippen LogP contribution >= 0.6 is 0 Å². The van der Waals surface area contributed by atoms with Crippen molar-refractivity contribution in [1.82, 2.24) is 25.6 Å². The Kier molecular flexibility index (Phi) is 6.08. The van der Waals surface area contributed by atoms with Crippen LogP contribution in [0, 0.1) is 0 Å². The Balaban J connectivity index is 1.33. The van der Waals surface area contributed by atoms with Crippen LogP contribution in [0.5, 0.6) is 0 Å². The van der Waals surface area contributed by atoms with Gasteiger partial charge in [-0.05, 0) is 40.6 Å². The van der Waals surface area contributed by atoms with E-state index in [1.165, 1.54) is 23.1 Å². The Morgan fingerprint density at radius 3 is 2.31 bits per heavy atom. The number of amides is 1. The van der Waals surface area contributed by atoms with Crippen LogP contribution in [0.15, 0.2) is 84.0 Å². The first kappa shape index (κ1) is 20.6. The van der Waals surface area contributed by atoms with Crippen LogP contribution in [0.25, 0.3) is 11.4 Å². The molecule has 158 valence electrons. The highest BCUT2D eigenvalue weighted by atomic mass is 16.4. The van der Waals surface area contributed by atoms with Crippen molar-refractivity contribution in [2.45, 2.75) is 6.54 Å². The molecule has 1 aromatic heterocycles. The fourth-order valence-corrected chi connectivity index (χ4v) is 2.88. The molecule has 0 aliphatic carbocycles. The maximum atomic E-state index is 12.3. The van der Waals surface area contributed by atoms with Gasteiger partial charge in [-0.15, -0.1) is 10.2 Å². The number of nitrogens with one attached hydrogen (secondary N) is 1. The summed E-state index contributed by atoms with van der Waals surface area (Å²) in [6.07, 6.45) is 1.44. The van der Waals surface area contributed by atoms with Gasteiger partial charge in [0, 0.05) is 11.1 Å². The van der Waals surface area contributed by atoms with Crippen molar-refractivity contribution in [1.29, 1.82) is 0 Å². The molecule has 0 saturated carbocycles. The highest BCUT2D eigenvalue weighted by Crippen LogP contribution is 2.12. The van der Waals surface area contributed by atoms with Gasteiger partial charge in [-0.3, -0.25) is 4.79 Å². The Labute approximate surface area is 183 Å². The Hall–Kier alpha value is -4.66. The minimum absolute atomic E-state index is 0.184. The molecule has 1 heterocycles. The molecule has 0 radical (unpaired) electrons. The lowest BCUT2D eigenvalue weighted by molar-refractivity contribution is 0.0696. The zero-order valence-corrected chi connectivity index (χ0v) is 16.8. The lowest BCUT2D eigenvalue weighted by Crippen LogP contribution is -2.17. The molecule has 4 aromatic rings. The maximum Gasteiger partial charge on any atom is 0.335 e. The summed E-state index contributed by atoms with van der Waals surface area (Å²) in [5.41, 5.74) is 5.56. The number of aromatic carboxylic acids is 1. The SMILES string of the molecule is O=C(O)c1ccc(C=NNC(=O)c2ccc(Cn3nnc(-c4ccccc4)n3)cc2)cc1. The summed E-state index contributed by atoms with van der Waals surface area (Å²) < 4.78 is 0. The van der Waals surface area contributed by atoms with Crippen LogP contribution in [-0.4, -0.2) is 43.4 Å². The van der Waals surface area contributed by atoms with E-state index >= 15 is 0 Å². The third-order valence-electron chi connectivity index (χ3n) is 4.56. The minimum Gasteiger partial charge on any atom is -0.478 e. The summed E-state index contributed by atoms with van der Waals surface area (Å²) in [4.78, 5) is 24.6. The van der Waals surface area contributed by atoms with Gasteiger partial charge in [0.1, 0.15) is 0 Å². The largest absolute Gasteiger partial charge is 0.478 e. The van der Waals surface area contributed by atoms with Crippen LogP contribution < -0.4 is 5.43 Å². The number of carboxylic acid groups (broad SMARTS) is 1. The molecule has 9 heteroatoms. The zero-order valence-electron chi connectivity index (χ0n) is 16.8. The van der Waals surface area contributed by atoms with Crippen molar-refractivity contribution in [2.24, 2.45) is 5.10 Å². The third kappa shape index (κ3) is 5.08. The molecule has 0 aliphatic rings. The van der Waals surface area contributed by atoms with E-state index < -0.39 is 5.97 Å². The predicted octanol–water partition coefficient (Wildman–Crippen LogP) is 2.85. The molecule has 32 heavy (non-hydrogen) atoms. The smallest absolute Gasteiger partial charge is 0.335 e. The number of rotatable bonds is 7. The topological polar surface area (TPSA) is 122 Å². The molecule has 2 N–H and O–H groups in total. The molecule has 0 aliphatic heterocycles. The monoisotopic (exact) mass is 426 g/mol. The first-order chi connectivity index (χ1) is 15.6. The zero-order chi connectivity index (χ0) is 22.3. The molecule has 1 amide bonds. The second-order valence-corrected chi connectivity index (χ2v) is 6.83. The quantitative estimate of drug-likeness (QED) is 0.346. The molecular formula is C23H18N6O3. The van der Waals surface area contributed by atoms with Gasteiger partial charge in [0.15, 0.2) is 0 Å². The summed E-state index contributed by atoms with van der Waals surface area (Å²) in [6.45, 7) is 0.423. The van der Waals surface area contributed by atoms with Crippen molar-refractivity contribution < 1.29 is 14.7 Å². The molecule has 3 aromatic carbocycles. The van der Waals surface area contributed by atoms with Crippen LogP contribution in [0.4, 0.5) is 0 Å². The number of hydrogen-bond acceptors (Lipinski definition) is 6. The molecule has 4 rings (SSSR count). The summed E-state index contributed by atoms with van der Waals surface area (Å²) in [7, 11) is 0. The fourth-order valence-electron chi connectivity index (χ4n) is 2.88. The van der Waals surface area contributed by atoms with Crippen LogP contribution in [0.2, 0.25) is 0 Å². The number of carbonyl (C=O) groups is 2. The average Bonchev–Trinajstić information content (AvgIpc) is 3.29. The van der Waals surface area contributed by atoms with Gasteiger partial charge in [-0.2, -0.15) is 9.90 Å². The van der Waals surface area contributed by atoms with Gasteiger partial charge in [0.05, 0.1) is 18.3 Å². The van der Waals surface area contributed by atoms with Crippen molar-refractivity contribution >= 4 is 18.1 Å². The number of nitrogens with zero attached hydrogens (tertiary/aromatic N) is 5. The van der Waals surface area contributed by atoms with Crippen molar-refractivity contribution in [2.75, 3.05) is 0 Å². The number of hydrazone groups is 1. The van der Waals surface area contributed by atoms with E-state index in [0.29, 0.717) is 23.5 Å². The van der Waals surface area contributed by atoms with Crippen molar-refractivity contribution in [3.05, 3.63) is 101 Å². The second kappa shape index (κ2) is 9.43. The van der Waals surface area contributed by atoms with Gasteiger partial charge in [-0.25, -0.2) is 10.2 Å². The number of tetrazole rings is 1. The highest BCUT2D eigenvalue weighted by molar-refractivity contribution is 5.95. The maximum absolute atomic E-state index is 12.3. The number of hydrogen-bond donors (Lipinski definition) is 2. The summed E-state index contributed by atoms with van der Waals surface area (Å²) >= 11 is 0. The Morgan fingerprint density at radius 1 is 0.938 bits per heavy atom. The highest BCUT2D eigenvalue weighted by Gasteiger charge is 2.08. The minimum atomic E-state index is -0.999. The first-order valence-electron chi connectivity index (χ1n) is 9.67. The lowest BCUT2D eigenvalue weighted by Gasteiger charge is -2.03. The van der Waals surface area contributed by atoms with E-state index in [-0.39, 0.29) is 11.5 Å².